The zero-order valence-electron chi connectivity index (χ0n) is 14.6. The summed E-state index contributed by atoms with van der Waals surface area (Å²) in [4.78, 5) is 24.4. The minimum absolute atomic E-state index is 0.152. The summed E-state index contributed by atoms with van der Waals surface area (Å²) in [7, 11) is 1.37. The van der Waals surface area contributed by atoms with Crippen LogP contribution in [0.1, 0.15) is 35.6 Å². The lowest BCUT2D eigenvalue weighted by Gasteiger charge is -2.08. The number of thiazole rings is 1. The van der Waals surface area contributed by atoms with Gasteiger partial charge >= 0.3 is 5.97 Å². The van der Waals surface area contributed by atoms with Crippen LogP contribution in [0.3, 0.4) is 0 Å². The molecule has 0 bridgehead atoms. The number of ether oxygens (including phenoxy) is 1. The molecule has 3 rings (SSSR count). The van der Waals surface area contributed by atoms with Crippen molar-refractivity contribution in [2.75, 3.05) is 7.11 Å². The zero-order valence-corrected chi connectivity index (χ0v) is 15.4. The molecule has 0 saturated heterocycles. The van der Waals surface area contributed by atoms with Crippen molar-refractivity contribution in [3.8, 4) is 11.1 Å². The van der Waals surface area contributed by atoms with Crippen LogP contribution in [0.25, 0.3) is 16.0 Å². The molecule has 4 nitrogen and oxygen atoms in total. The van der Waals surface area contributed by atoms with Gasteiger partial charge in [-0.3, -0.25) is 9.59 Å². The molecule has 0 radical (unpaired) electrons. The highest BCUT2D eigenvalue weighted by molar-refractivity contribution is 7.15. The molecule has 0 spiro atoms. The number of benzene rings is 1. The number of aromatic nitrogens is 1. The van der Waals surface area contributed by atoms with Crippen LogP contribution in [0.2, 0.25) is 0 Å². The van der Waals surface area contributed by atoms with E-state index in [-0.39, 0.29) is 12.4 Å². The van der Waals surface area contributed by atoms with Crippen molar-refractivity contribution in [2.24, 2.45) is 5.92 Å². The van der Waals surface area contributed by atoms with Gasteiger partial charge in [0.05, 0.1) is 19.2 Å². The van der Waals surface area contributed by atoms with Gasteiger partial charge in [0, 0.05) is 16.6 Å². The van der Waals surface area contributed by atoms with Crippen molar-refractivity contribution >= 4 is 28.4 Å². The third kappa shape index (κ3) is 3.51. The first-order chi connectivity index (χ1) is 12.0. The quantitative estimate of drug-likeness (QED) is 0.486. The van der Waals surface area contributed by atoms with E-state index in [2.05, 4.69) is 26.0 Å². The summed E-state index contributed by atoms with van der Waals surface area (Å²) in [6.45, 7) is 4.38. The van der Waals surface area contributed by atoms with E-state index < -0.39 is 0 Å². The summed E-state index contributed by atoms with van der Waals surface area (Å²) < 4.78 is 6.61. The Morgan fingerprint density at radius 1 is 1.32 bits per heavy atom. The first-order valence-corrected chi connectivity index (χ1v) is 9.14. The molecule has 0 amide bonds. The molecule has 0 aliphatic rings. The Kier molecular flexibility index (Phi) is 5.04. The predicted octanol–water partition coefficient (Wildman–Crippen LogP) is 4.39. The summed E-state index contributed by atoms with van der Waals surface area (Å²) in [6.07, 6.45) is 2.02. The van der Waals surface area contributed by atoms with Crippen LogP contribution in [0.15, 0.2) is 35.7 Å². The summed E-state index contributed by atoms with van der Waals surface area (Å²) >= 11 is 1.52. The Bertz CT molecular complexity index is 920. The second-order valence-electron chi connectivity index (χ2n) is 6.51. The highest BCUT2D eigenvalue weighted by atomic mass is 32.1. The highest BCUT2D eigenvalue weighted by Crippen LogP contribution is 2.32. The van der Waals surface area contributed by atoms with Crippen molar-refractivity contribution in [1.29, 1.82) is 0 Å². The lowest BCUT2D eigenvalue weighted by Crippen LogP contribution is -2.07. The monoisotopic (exact) mass is 355 g/mol. The van der Waals surface area contributed by atoms with Gasteiger partial charge in [-0.25, -0.2) is 0 Å². The first kappa shape index (κ1) is 17.4. The summed E-state index contributed by atoms with van der Waals surface area (Å²) in [5, 5.41) is 1.90. The maximum Gasteiger partial charge on any atom is 0.311 e. The minimum atomic E-state index is -0.314. The smallest absolute Gasteiger partial charge is 0.311 e. The molecule has 2 heterocycles. The van der Waals surface area contributed by atoms with E-state index in [0.29, 0.717) is 11.6 Å². The normalized spacial score (nSPS) is 11.2. The Balaban J connectivity index is 2.08. The Labute approximate surface area is 151 Å². The van der Waals surface area contributed by atoms with Crippen molar-refractivity contribution in [3.05, 3.63) is 52.7 Å². The average molecular weight is 355 g/mol. The van der Waals surface area contributed by atoms with Gasteiger partial charge < -0.3 is 9.14 Å². The average Bonchev–Trinajstić information content (AvgIpc) is 3.14. The van der Waals surface area contributed by atoms with Gasteiger partial charge in [0.15, 0.2) is 6.29 Å². The molecule has 0 saturated carbocycles. The fourth-order valence-electron chi connectivity index (χ4n) is 3.09. The Hall–Kier alpha value is -2.40. The molecular weight excluding hydrogens is 334 g/mol. The molecule has 3 aromatic rings. The molecule has 5 heteroatoms. The molecule has 25 heavy (non-hydrogen) atoms. The summed E-state index contributed by atoms with van der Waals surface area (Å²) in [6, 6.07) is 10.3. The Morgan fingerprint density at radius 2 is 2.12 bits per heavy atom. The zero-order chi connectivity index (χ0) is 18.0. The van der Waals surface area contributed by atoms with Crippen molar-refractivity contribution in [3.63, 3.8) is 0 Å². The second-order valence-corrected chi connectivity index (χ2v) is 7.40. The van der Waals surface area contributed by atoms with Crippen molar-refractivity contribution < 1.29 is 14.3 Å². The molecule has 1 aromatic carbocycles. The van der Waals surface area contributed by atoms with Gasteiger partial charge in [-0.1, -0.05) is 38.1 Å². The van der Waals surface area contributed by atoms with Crippen LogP contribution in [0.5, 0.6) is 0 Å². The highest BCUT2D eigenvalue weighted by Gasteiger charge is 2.17. The lowest BCUT2D eigenvalue weighted by molar-refractivity contribution is -0.139. The van der Waals surface area contributed by atoms with Gasteiger partial charge in [-0.15, -0.1) is 11.3 Å². The van der Waals surface area contributed by atoms with Crippen LogP contribution in [0.4, 0.5) is 0 Å². The van der Waals surface area contributed by atoms with Gasteiger partial charge in [0.1, 0.15) is 4.83 Å². The van der Waals surface area contributed by atoms with Crippen LogP contribution in [0, 0.1) is 5.92 Å². The fraction of sp³-hybridized carbons (Fsp3) is 0.300. The molecule has 2 aromatic heterocycles. The molecule has 130 valence electrons. The standard InChI is InChI=1S/C20H21NO3S/c1-13(2)7-14-5-4-6-15(8-14)17-10-19-21(18(17)11-22)16(12-25-19)9-20(23)24-3/h4-6,8,10-13H,7,9H2,1-3H3. The molecule has 0 atom stereocenters. The molecule has 0 aliphatic carbocycles. The fourth-order valence-corrected chi connectivity index (χ4v) is 4.04. The van der Waals surface area contributed by atoms with E-state index >= 15 is 0 Å². The van der Waals surface area contributed by atoms with Crippen LogP contribution >= 0.6 is 11.3 Å². The molecule has 0 N–H and O–H groups in total. The number of carbonyl (C=O) groups excluding carboxylic acids is 2. The molecule has 0 unspecified atom stereocenters. The maximum atomic E-state index is 11.8. The minimum Gasteiger partial charge on any atom is -0.469 e. The Morgan fingerprint density at radius 3 is 2.80 bits per heavy atom. The summed E-state index contributed by atoms with van der Waals surface area (Å²) in [5.41, 5.74) is 4.54. The number of carbonyl (C=O) groups is 2. The van der Waals surface area contributed by atoms with Crippen LogP contribution < -0.4 is 0 Å². The van der Waals surface area contributed by atoms with Gasteiger partial charge in [0.2, 0.25) is 0 Å². The van der Waals surface area contributed by atoms with E-state index in [9.17, 15) is 9.59 Å². The number of nitrogens with zero attached hydrogens (tertiary/aromatic N) is 1. The number of esters is 1. The van der Waals surface area contributed by atoms with E-state index in [1.165, 1.54) is 24.0 Å². The lowest BCUT2D eigenvalue weighted by atomic mass is 9.98. The first-order valence-electron chi connectivity index (χ1n) is 8.26. The van der Waals surface area contributed by atoms with Crippen molar-refractivity contribution in [2.45, 2.75) is 26.7 Å². The van der Waals surface area contributed by atoms with Crippen LogP contribution in [-0.4, -0.2) is 23.8 Å². The molecule has 0 aliphatic heterocycles. The largest absolute Gasteiger partial charge is 0.469 e. The van der Waals surface area contributed by atoms with E-state index in [1.807, 2.05) is 28.0 Å². The maximum absolute atomic E-state index is 11.8. The number of rotatable bonds is 6. The van der Waals surface area contributed by atoms with E-state index in [0.717, 1.165) is 34.4 Å². The number of fused-ring (bicyclic) bond motifs is 1. The number of aldehydes is 1. The number of hydrogen-bond acceptors (Lipinski definition) is 4. The van der Waals surface area contributed by atoms with Crippen molar-refractivity contribution in [1.82, 2.24) is 4.40 Å². The van der Waals surface area contributed by atoms with E-state index in [1.54, 1.807) is 0 Å². The third-order valence-corrected chi connectivity index (χ3v) is 5.09. The van der Waals surface area contributed by atoms with Crippen LogP contribution in [-0.2, 0) is 22.4 Å². The third-order valence-electron chi connectivity index (χ3n) is 4.15. The van der Waals surface area contributed by atoms with E-state index in [4.69, 9.17) is 4.74 Å². The SMILES string of the molecule is COC(=O)Cc1csc2cc(-c3cccc(CC(C)C)c3)c(C=O)n12. The topological polar surface area (TPSA) is 47.8 Å². The number of hydrogen-bond donors (Lipinski definition) is 0. The second kappa shape index (κ2) is 7.23. The summed E-state index contributed by atoms with van der Waals surface area (Å²) in [5.74, 6) is 0.260. The van der Waals surface area contributed by atoms with Gasteiger partial charge in [-0.05, 0) is 29.5 Å². The number of methoxy groups -OCH3 is 1. The molecule has 0 fully saturated rings. The molecular formula is C20H21NO3S. The van der Waals surface area contributed by atoms with Gasteiger partial charge in [-0.2, -0.15) is 0 Å². The van der Waals surface area contributed by atoms with Gasteiger partial charge in [0.25, 0.3) is 0 Å². The predicted molar refractivity (Wildman–Crippen MR) is 100 cm³/mol.